The van der Waals surface area contributed by atoms with Crippen molar-refractivity contribution in [3.05, 3.63) is 53.6 Å². The summed E-state index contributed by atoms with van der Waals surface area (Å²) in [6, 6.07) is 15.7. The smallest absolute Gasteiger partial charge is 0.170 e. The summed E-state index contributed by atoms with van der Waals surface area (Å²) in [7, 11) is 0. The maximum atomic E-state index is 5.90. The standard InChI is InChI=1S/C19H23ClN2OS2/c1-3-23-17-8-6-16(7-9-17)22-19(24)21-12-14(2)13-25-18-10-4-15(20)5-11-18/h4-11,14H,3,12-13H2,1-2H3,(H2,21,22,24). The van der Waals surface area contributed by atoms with Gasteiger partial charge in [0.1, 0.15) is 5.75 Å². The van der Waals surface area contributed by atoms with Gasteiger partial charge in [-0.05, 0) is 73.6 Å². The Balaban J connectivity index is 1.68. The lowest BCUT2D eigenvalue weighted by molar-refractivity contribution is 0.340. The molecular formula is C19H23ClN2OS2. The summed E-state index contributed by atoms with van der Waals surface area (Å²) < 4.78 is 5.43. The van der Waals surface area contributed by atoms with Gasteiger partial charge in [-0.25, -0.2) is 0 Å². The second-order valence-corrected chi connectivity index (χ2v) is 7.60. The third-order valence-corrected chi connectivity index (χ3v) is 5.22. The first kappa shape index (κ1) is 19.9. The molecule has 0 saturated carbocycles. The second kappa shape index (κ2) is 10.5. The molecule has 1 atom stereocenters. The molecule has 2 aromatic carbocycles. The lowest BCUT2D eigenvalue weighted by atomic mass is 10.2. The Labute approximate surface area is 164 Å². The summed E-state index contributed by atoms with van der Waals surface area (Å²) in [5.41, 5.74) is 0.948. The van der Waals surface area contributed by atoms with Crippen LogP contribution in [0, 0.1) is 5.92 Å². The second-order valence-electron chi connectivity index (χ2n) is 5.66. The fourth-order valence-corrected chi connectivity index (χ4v) is 3.32. The average Bonchev–Trinajstić information content (AvgIpc) is 2.61. The topological polar surface area (TPSA) is 33.3 Å². The summed E-state index contributed by atoms with van der Waals surface area (Å²) in [6.07, 6.45) is 0. The number of rotatable bonds is 8. The van der Waals surface area contributed by atoms with Crippen molar-refractivity contribution in [1.29, 1.82) is 0 Å². The Kier molecular flexibility index (Phi) is 8.38. The quantitative estimate of drug-likeness (QED) is 0.459. The molecule has 0 saturated heterocycles. The van der Waals surface area contributed by atoms with E-state index in [4.69, 9.17) is 28.6 Å². The fourth-order valence-electron chi connectivity index (χ4n) is 2.07. The van der Waals surface area contributed by atoms with Crippen LogP contribution in [0.2, 0.25) is 5.02 Å². The molecule has 0 bridgehead atoms. The van der Waals surface area contributed by atoms with Crippen LogP contribution in [0.3, 0.4) is 0 Å². The molecule has 0 heterocycles. The van der Waals surface area contributed by atoms with Gasteiger partial charge in [0.2, 0.25) is 0 Å². The minimum absolute atomic E-state index is 0.487. The molecule has 3 nitrogen and oxygen atoms in total. The number of benzene rings is 2. The average molecular weight is 395 g/mol. The highest BCUT2D eigenvalue weighted by Gasteiger charge is 2.05. The van der Waals surface area contributed by atoms with Gasteiger partial charge in [0.05, 0.1) is 6.61 Å². The number of hydrogen-bond acceptors (Lipinski definition) is 3. The monoisotopic (exact) mass is 394 g/mol. The SMILES string of the molecule is CCOc1ccc(NC(=S)NCC(C)CSc2ccc(Cl)cc2)cc1. The Bertz CT molecular complexity index is 662. The zero-order valence-electron chi connectivity index (χ0n) is 14.4. The van der Waals surface area contributed by atoms with E-state index in [2.05, 4.69) is 17.6 Å². The Morgan fingerprint density at radius 2 is 1.84 bits per heavy atom. The van der Waals surface area contributed by atoms with Crippen LogP contribution in [0.4, 0.5) is 5.69 Å². The summed E-state index contributed by atoms with van der Waals surface area (Å²) in [6.45, 7) is 5.66. The first-order valence-corrected chi connectivity index (χ1v) is 10.00. The van der Waals surface area contributed by atoms with Crippen molar-refractivity contribution < 1.29 is 4.74 Å². The molecule has 0 spiro atoms. The van der Waals surface area contributed by atoms with Crippen molar-refractivity contribution in [3.63, 3.8) is 0 Å². The minimum Gasteiger partial charge on any atom is -0.494 e. The van der Waals surface area contributed by atoms with Crippen LogP contribution < -0.4 is 15.4 Å². The number of hydrogen-bond donors (Lipinski definition) is 2. The largest absolute Gasteiger partial charge is 0.494 e. The molecule has 6 heteroatoms. The highest BCUT2D eigenvalue weighted by molar-refractivity contribution is 7.99. The van der Waals surface area contributed by atoms with Crippen molar-refractivity contribution in [3.8, 4) is 5.75 Å². The molecule has 0 aliphatic rings. The first-order valence-electron chi connectivity index (χ1n) is 8.23. The third-order valence-electron chi connectivity index (χ3n) is 3.38. The summed E-state index contributed by atoms with van der Waals surface area (Å²) in [4.78, 5) is 1.23. The zero-order chi connectivity index (χ0) is 18.1. The lowest BCUT2D eigenvalue weighted by Crippen LogP contribution is -2.32. The normalized spacial score (nSPS) is 11.6. The van der Waals surface area contributed by atoms with Gasteiger partial charge in [-0.3, -0.25) is 0 Å². The molecule has 2 aromatic rings. The van der Waals surface area contributed by atoms with E-state index < -0.39 is 0 Å². The summed E-state index contributed by atoms with van der Waals surface area (Å²) in [5.74, 6) is 2.36. The minimum atomic E-state index is 0.487. The van der Waals surface area contributed by atoms with Crippen LogP contribution in [0.5, 0.6) is 5.75 Å². The van der Waals surface area contributed by atoms with Crippen molar-refractivity contribution >= 4 is 46.4 Å². The molecule has 25 heavy (non-hydrogen) atoms. The molecule has 0 aliphatic heterocycles. The van der Waals surface area contributed by atoms with Crippen molar-refractivity contribution in [1.82, 2.24) is 5.32 Å². The maximum absolute atomic E-state index is 5.90. The number of ether oxygens (including phenoxy) is 1. The van der Waals surface area contributed by atoms with Crippen LogP contribution >= 0.6 is 35.6 Å². The van der Waals surface area contributed by atoms with Gasteiger partial charge in [0.25, 0.3) is 0 Å². The number of thioether (sulfide) groups is 1. The van der Waals surface area contributed by atoms with Gasteiger partial charge < -0.3 is 15.4 Å². The van der Waals surface area contributed by atoms with Gasteiger partial charge in [-0.1, -0.05) is 18.5 Å². The van der Waals surface area contributed by atoms with E-state index >= 15 is 0 Å². The summed E-state index contributed by atoms with van der Waals surface area (Å²) >= 11 is 13.1. The van der Waals surface area contributed by atoms with Gasteiger partial charge >= 0.3 is 0 Å². The van der Waals surface area contributed by atoms with Crippen molar-refractivity contribution in [2.75, 3.05) is 24.2 Å². The fraction of sp³-hybridized carbons (Fsp3) is 0.316. The molecule has 0 aromatic heterocycles. The molecule has 0 fully saturated rings. The number of halogens is 1. The Hall–Kier alpha value is -1.43. The van der Waals surface area contributed by atoms with Crippen molar-refractivity contribution in [2.45, 2.75) is 18.7 Å². The Morgan fingerprint density at radius 3 is 2.48 bits per heavy atom. The molecule has 0 aliphatic carbocycles. The van der Waals surface area contributed by atoms with Gasteiger partial charge in [-0.15, -0.1) is 11.8 Å². The van der Waals surface area contributed by atoms with Crippen LogP contribution in [0.15, 0.2) is 53.4 Å². The van der Waals surface area contributed by atoms with E-state index in [0.29, 0.717) is 17.6 Å². The van der Waals surface area contributed by atoms with Crippen molar-refractivity contribution in [2.24, 2.45) is 5.92 Å². The van der Waals surface area contributed by atoms with Gasteiger partial charge in [-0.2, -0.15) is 0 Å². The van der Waals surface area contributed by atoms with E-state index in [-0.39, 0.29) is 0 Å². The number of thiocarbonyl (C=S) groups is 1. The lowest BCUT2D eigenvalue weighted by Gasteiger charge is -2.15. The first-order chi connectivity index (χ1) is 12.1. The van der Waals surface area contributed by atoms with Crippen LogP contribution in [0.25, 0.3) is 0 Å². The van der Waals surface area contributed by atoms with Gasteiger partial charge in [0, 0.05) is 27.9 Å². The third kappa shape index (κ3) is 7.55. The van der Waals surface area contributed by atoms with E-state index in [9.17, 15) is 0 Å². The van der Waals surface area contributed by atoms with E-state index in [0.717, 1.165) is 28.8 Å². The van der Waals surface area contributed by atoms with E-state index in [1.807, 2.05) is 67.2 Å². The molecule has 0 radical (unpaired) electrons. The predicted octanol–water partition coefficient (Wildman–Crippen LogP) is 5.45. The number of anilines is 1. The number of nitrogens with one attached hydrogen (secondary N) is 2. The molecule has 134 valence electrons. The van der Waals surface area contributed by atoms with Gasteiger partial charge in [0.15, 0.2) is 5.11 Å². The summed E-state index contributed by atoms with van der Waals surface area (Å²) in [5, 5.41) is 7.86. The highest BCUT2D eigenvalue weighted by atomic mass is 35.5. The molecule has 2 rings (SSSR count). The maximum Gasteiger partial charge on any atom is 0.170 e. The zero-order valence-corrected chi connectivity index (χ0v) is 16.8. The van der Waals surface area contributed by atoms with E-state index in [1.54, 1.807) is 0 Å². The van der Waals surface area contributed by atoms with Crippen LogP contribution in [0.1, 0.15) is 13.8 Å². The Morgan fingerprint density at radius 1 is 1.16 bits per heavy atom. The van der Waals surface area contributed by atoms with Crippen LogP contribution in [-0.2, 0) is 0 Å². The highest BCUT2D eigenvalue weighted by Crippen LogP contribution is 2.22. The molecule has 2 N–H and O–H groups in total. The predicted molar refractivity (Wildman–Crippen MR) is 113 cm³/mol. The molecular weight excluding hydrogens is 372 g/mol. The van der Waals surface area contributed by atoms with E-state index in [1.165, 1.54) is 4.90 Å². The van der Waals surface area contributed by atoms with Crippen LogP contribution in [-0.4, -0.2) is 24.0 Å². The molecule has 0 amide bonds. The molecule has 1 unspecified atom stereocenters.